The SMILES string of the molecule is Cc1cccc(C)c1NCC(=O)NC(C)(CO)C1CCCCC1. The van der Waals surface area contributed by atoms with Gasteiger partial charge in [0.25, 0.3) is 0 Å². The number of para-hydroxylation sites is 1. The van der Waals surface area contributed by atoms with Gasteiger partial charge in [0.1, 0.15) is 0 Å². The number of benzene rings is 1. The maximum atomic E-state index is 12.4. The first-order valence-corrected chi connectivity index (χ1v) is 8.68. The molecule has 0 aliphatic heterocycles. The largest absolute Gasteiger partial charge is 0.394 e. The summed E-state index contributed by atoms with van der Waals surface area (Å²) in [4.78, 5) is 12.4. The summed E-state index contributed by atoms with van der Waals surface area (Å²) in [5.41, 5.74) is 2.77. The first kappa shape index (κ1) is 17.8. The first-order valence-electron chi connectivity index (χ1n) is 8.68. The van der Waals surface area contributed by atoms with E-state index in [1.807, 2.05) is 39.0 Å². The molecule has 0 radical (unpaired) electrons. The monoisotopic (exact) mass is 318 g/mol. The second-order valence-corrected chi connectivity index (χ2v) is 7.08. The summed E-state index contributed by atoms with van der Waals surface area (Å²) in [6, 6.07) is 6.09. The molecule has 4 heteroatoms. The van der Waals surface area contributed by atoms with Crippen molar-refractivity contribution in [2.45, 2.75) is 58.4 Å². The molecule has 1 fully saturated rings. The van der Waals surface area contributed by atoms with Gasteiger partial charge in [0.05, 0.1) is 18.7 Å². The lowest BCUT2D eigenvalue weighted by atomic mass is 9.76. The van der Waals surface area contributed by atoms with Crippen LogP contribution in [-0.4, -0.2) is 29.7 Å². The Morgan fingerprint density at radius 2 is 1.83 bits per heavy atom. The van der Waals surface area contributed by atoms with Crippen LogP contribution in [0.2, 0.25) is 0 Å². The lowest BCUT2D eigenvalue weighted by Crippen LogP contribution is -2.56. The van der Waals surface area contributed by atoms with Crippen LogP contribution in [-0.2, 0) is 4.79 Å². The number of amides is 1. The van der Waals surface area contributed by atoms with Crippen LogP contribution >= 0.6 is 0 Å². The number of carbonyl (C=O) groups excluding carboxylic acids is 1. The predicted octanol–water partition coefficient (Wildman–Crippen LogP) is 3.16. The summed E-state index contributed by atoms with van der Waals surface area (Å²) in [5.74, 6) is 0.306. The summed E-state index contributed by atoms with van der Waals surface area (Å²) >= 11 is 0. The molecule has 1 aliphatic carbocycles. The average Bonchev–Trinajstić information content (AvgIpc) is 2.55. The molecule has 2 rings (SSSR count). The zero-order valence-electron chi connectivity index (χ0n) is 14.6. The molecular formula is C19H30N2O2. The maximum absolute atomic E-state index is 12.4. The van der Waals surface area contributed by atoms with Gasteiger partial charge in [0.2, 0.25) is 5.91 Å². The third-order valence-electron chi connectivity index (χ3n) is 5.17. The standard InChI is InChI=1S/C19H30N2O2/c1-14-8-7-9-15(2)18(14)20-12-17(23)21-19(3,13-22)16-10-5-4-6-11-16/h7-9,16,20,22H,4-6,10-13H2,1-3H3,(H,21,23). The Labute approximate surface area is 139 Å². The molecule has 1 atom stereocenters. The molecule has 0 spiro atoms. The van der Waals surface area contributed by atoms with E-state index in [-0.39, 0.29) is 19.1 Å². The van der Waals surface area contributed by atoms with Crippen LogP contribution in [0.15, 0.2) is 18.2 Å². The van der Waals surface area contributed by atoms with E-state index >= 15 is 0 Å². The van der Waals surface area contributed by atoms with Crippen LogP contribution in [0.3, 0.4) is 0 Å². The fourth-order valence-electron chi connectivity index (χ4n) is 3.64. The second kappa shape index (κ2) is 7.82. The van der Waals surface area contributed by atoms with Crippen molar-refractivity contribution in [2.24, 2.45) is 5.92 Å². The van der Waals surface area contributed by atoms with E-state index in [9.17, 15) is 9.90 Å². The third kappa shape index (κ3) is 4.47. The van der Waals surface area contributed by atoms with Crippen molar-refractivity contribution in [3.63, 3.8) is 0 Å². The van der Waals surface area contributed by atoms with Crippen molar-refractivity contribution in [3.8, 4) is 0 Å². The van der Waals surface area contributed by atoms with E-state index in [1.165, 1.54) is 19.3 Å². The molecule has 0 aromatic heterocycles. The van der Waals surface area contributed by atoms with Gasteiger partial charge in [0, 0.05) is 5.69 Å². The van der Waals surface area contributed by atoms with Gasteiger partial charge >= 0.3 is 0 Å². The van der Waals surface area contributed by atoms with Crippen LogP contribution in [0, 0.1) is 19.8 Å². The molecule has 1 amide bonds. The van der Waals surface area contributed by atoms with Gasteiger partial charge in [-0.25, -0.2) is 0 Å². The second-order valence-electron chi connectivity index (χ2n) is 7.08. The van der Waals surface area contributed by atoms with Gasteiger partial charge in [-0.3, -0.25) is 4.79 Å². The number of hydrogen-bond acceptors (Lipinski definition) is 3. The number of rotatable bonds is 6. The molecule has 0 heterocycles. The number of anilines is 1. The predicted molar refractivity (Wildman–Crippen MR) is 94.6 cm³/mol. The molecule has 3 N–H and O–H groups in total. The molecule has 23 heavy (non-hydrogen) atoms. The molecule has 128 valence electrons. The van der Waals surface area contributed by atoms with Crippen molar-refractivity contribution >= 4 is 11.6 Å². The molecule has 1 aliphatic rings. The Balaban J connectivity index is 1.94. The summed E-state index contributed by atoms with van der Waals surface area (Å²) in [6.07, 6.45) is 5.82. The third-order valence-corrected chi connectivity index (χ3v) is 5.17. The quantitative estimate of drug-likeness (QED) is 0.755. The molecular weight excluding hydrogens is 288 g/mol. The summed E-state index contributed by atoms with van der Waals surface area (Å²) in [5, 5.41) is 16.1. The van der Waals surface area contributed by atoms with Crippen LogP contribution in [0.4, 0.5) is 5.69 Å². The van der Waals surface area contributed by atoms with Crippen molar-refractivity contribution < 1.29 is 9.90 Å². The van der Waals surface area contributed by atoms with Crippen LogP contribution in [0.5, 0.6) is 0 Å². The molecule has 1 saturated carbocycles. The van der Waals surface area contributed by atoms with E-state index in [0.29, 0.717) is 5.92 Å². The number of aliphatic hydroxyl groups excluding tert-OH is 1. The molecule has 4 nitrogen and oxygen atoms in total. The summed E-state index contributed by atoms with van der Waals surface area (Å²) in [6.45, 7) is 6.26. The fraction of sp³-hybridized carbons (Fsp3) is 0.632. The van der Waals surface area contributed by atoms with E-state index < -0.39 is 5.54 Å². The van der Waals surface area contributed by atoms with Crippen molar-refractivity contribution in [1.82, 2.24) is 5.32 Å². The van der Waals surface area contributed by atoms with Gasteiger partial charge in [-0.1, -0.05) is 37.5 Å². The van der Waals surface area contributed by atoms with Gasteiger partial charge < -0.3 is 15.7 Å². The summed E-state index contributed by atoms with van der Waals surface area (Å²) < 4.78 is 0. The van der Waals surface area contributed by atoms with Gasteiger partial charge in [0.15, 0.2) is 0 Å². The summed E-state index contributed by atoms with van der Waals surface area (Å²) in [7, 11) is 0. The molecule has 1 aromatic rings. The van der Waals surface area contributed by atoms with Crippen molar-refractivity contribution in [1.29, 1.82) is 0 Å². The van der Waals surface area contributed by atoms with E-state index in [1.54, 1.807) is 0 Å². The highest BCUT2D eigenvalue weighted by Gasteiger charge is 2.35. The highest BCUT2D eigenvalue weighted by atomic mass is 16.3. The van der Waals surface area contributed by atoms with E-state index in [2.05, 4.69) is 10.6 Å². The Bertz CT molecular complexity index is 518. The minimum absolute atomic E-state index is 0.00714. The number of aryl methyl sites for hydroxylation is 2. The number of hydrogen-bond donors (Lipinski definition) is 3. The molecule has 0 bridgehead atoms. The van der Waals surface area contributed by atoms with Crippen LogP contribution in [0.1, 0.15) is 50.2 Å². The lowest BCUT2D eigenvalue weighted by molar-refractivity contribution is -0.122. The number of carbonyl (C=O) groups is 1. The minimum atomic E-state index is -0.514. The Morgan fingerprint density at radius 3 is 2.39 bits per heavy atom. The fourth-order valence-corrected chi connectivity index (χ4v) is 3.64. The van der Waals surface area contributed by atoms with E-state index in [4.69, 9.17) is 0 Å². The topological polar surface area (TPSA) is 61.4 Å². The van der Waals surface area contributed by atoms with Crippen LogP contribution < -0.4 is 10.6 Å². The molecule has 0 saturated heterocycles. The van der Waals surface area contributed by atoms with Gasteiger partial charge in [-0.05, 0) is 50.7 Å². The molecule has 1 aromatic carbocycles. The highest BCUT2D eigenvalue weighted by Crippen LogP contribution is 2.32. The average molecular weight is 318 g/mol. The zero-order valence-corrected chi connectivity index (χ0v) is 14.6. The Hall–Kier alpha value is -1.55. The first-order chi connectivity index (χ1) is 11.0. The lowest BCUT2D eigenvalue weighted by Gasteiger charge is -2.39. The van der Waals surface area contributed by atoms with Gasteiger partial charge in [-0.2, -0.15) is 0 Å². The zero-order chi connectivity index (χ0) is 16.9. The smallest absolute Gasteiger partial charge is 0.239 e. The molecule has 1 unspecified atom stereocenters. The van der Waals surface area contributed by atoms with Crippen LogP contribution in [0.25, 0.3) is 0 Å². The Kier molecular flexibility index (Phi) is 6.05. The normalized spacial score (nSPS) is 18.3. The van der Waals surface area contributed by atoms with E-state index in [0.717, 1.165) is 29.7 Å². The van der Waals surface area contributed by atoms with Gasteiger partial charge in [-0.15, -0.1) is 0 Å². The maximum Gasteiger partial charge on any atom is 0.239 e. The van der Waals surface area contributed by atoms with Crippen molar-refractivity contribution in [3.05, 3.63) is 29.3 Å². The number of nitrogens with one attached hydrogen (secondary N) is 2. The van der Waals surface area contributed by atoms with Crippen molar-refractivity contribution in [2.75, 3.05) is 18.5 Å². The Morgan fingerprint density at radius 1 is 1.22 bits per heavy atom. The number of aliphatic hydroxyl groups is 1. The highest BCUT2D eigenvalue weighted by molar-refractivity contribution is 5.82. The minimum Gasteiger partial charge on any atom is -0.394 e.